The molecule has 0 aliphatic heterocycles. The predicted octanol–water partition coefficient (Wildman–Crippen LogP) is 1.65. The summed E-state index contributed by atoms with van der Waals surface area (Å²) in [6.45, 7) is 7.04. The zero-order chi connectivity index (χ0) is 13.8. The SMILES string of the molecule is Cc1cccc(OC(C)C(=O)NC(C)(C)CO)c1. The molecule has 0 aliphatic rings. The molecule has 0 spiro atoms. The van der Waals surface area contributed by atoms with Crippen LogP contribution in [0.1, 0.15) is 26.3 Å². The standard InChI is InChI=1S/C14H21NO3/c1-10-6-5-7-12(8-10)18-11(2)13(17)15-14(3,4)9-16/h5-8,11,16H,9H2,1-4H3,(H,15,17). The second-order valence-corrected chi connectivity index (χ2v) is 5.11. The zero-order valence-corrected chi connectivity index (χ0v) is 11.4. The highest BCUT2D eigenvalue weighted by atomic mass is 16.5. The van der Waals surface area contributed by atoms with Gasteiger partial charge in [-0.2, -0.15) is 0 Å². The van der Waals surface area contributed by atoms with Crippen LogP contribution in [-0.2, 0) is 4.79 Å². The monoisotopic (exact) mass is 251 g/mol. The molecule has 4 nitrogen and oxygen atoms in total. The van der Waals surface area contributed by atoms with Gasteiger partial charge >= 0.3 is 0 Å². The van der Waals surface area contributed by atoms with Crippen LogP contribution in [0.3, 0.4) is 0 Å². The first kappa shape index (κ1) is 14.5. The number of carbonyl (C=O) groups is 1. The lowest BCUT2D eigenvalue weighted by Crippen LogP contribution is -2.50. The van der Waals surface area contributed by atoms with Crippen molar-refractivity contribution < 1.29 is 14.6 Å². The average molecular weight is 251 g/mol. The first-order chi connectivity index (χ1) is 8.34. The minimum Gasteiger partial charge on any atom is -0.481 e. The van der Waals surface area contributed by atoms with Crippen molar-refractivity contribution in [2.45, 2.75) is 39.3 Å². The van der Waals surface area contributed by atoms with Gasteiger partial charge in [-0.25, -0.2) is 0 Å². The van der Waals surface area contributed by atoms with Crippen molar-refractivity contribution in [3.05, 3.63) is 29.8 Å². The van der Waals surface area contributed by atoms with Crippen molar-refractivity contribution in [1.82, 2.24) is 5.32 Å². The minimum atomic E-state index is -0.638. The highest BCUT2D eigenvalue weighted by molar-refractivity contribution is 5.81. The Kier molecular flexibility index (Phi) is 4.73. The van der Waals surface area contributed by atoms with E-state index in [4.69, 9.17) is 9.84 Å². The van der Waals surface area contributed by atoms with Gasteiger partial charge in [0.1, 0.15) is 5.75 Å². The number of nitrogens with one attached hydrogen (secondary N) is 1. The predicted molar refractivity (Wildman–Crippen MR) is 70.6 cm³/mol. The molecule has 0 radical (unpaired) electrons. The summed E-state index contributed by atoms with van der Waals surface area (Å²) in [5, 5.41) is 11.8. The van der Waals surface area contributed by atoms with E-state index in [0.29, 0.717) is 5.75 Å². The van der Waals surface area contributed by atoms with Crippen LogP contribution in [0.2, 0.25) is 0 Å². The van der Waals surface area contributed by atoms with Crippen LogP contribution in [0.4, 0.5) is 0 Å². The molecule has 18 heavy (non-hydrogen) atoms. The number of benzene rings is 1. The molecular weight excluding hydrogens is 230 g/mol. The number of hydrogen-bond acceptors (Lipinski definition) is 3. The molecule has 0 bridgehead atoms. The molecule has 0 aliphatic carbocycles. The van der Waals surface area contributed by atoms with Crippen LogP contribution >= 0.6 is 0 Å². The number of ether oxygens (including phenoxy) is 1. The molecule has 0 saturated heterocycles. The van der Waals surface area contributed by atoms with Crippen LogP contribution in [0, 0.1) is 6.92 Å². The van der Waals surface area contributed by atoms with Gasteiger partial charge in [-0.1, -0.05) is 12.1 Å². The van der Waals surface area contributed by atoms with E-state index in [1.807, 2.05) is 31.2 Å². The van der Waals surface area contributed by atoms with Crippen LogP contribution < -0.4 is 10.1 Å². The molecule has 1 atom stereocenters. The van der Waals surface area contributed by atoms with Crippen molar-refractivity contribution in [3.8, 4) is 5.75 Å². The van der Waals surface area contributed by atoms with Crippen molar-refractivity contribution in [1.29, 1.82) is 0 Å². The minimum absolute atomic E-state index is 0.115. The van der Waals surface area contributed by atoms with Crippen molar-refractivity contribution in [2.24, 2.45) is 0 Å². The van der Waals surface area contributed by atoms with E-state index < -0.39 is 11.6 Å². The van der Waals surface area contributed by atoms with Gasteiger partial charge < -0.3 is 15.2 Å². The van der Waals surface area contributed by atoms with E-state index in [-0.39, 0.29) is 12.5 Å². The van der Waals surface area contributed by atoms with Gasteiger partial charge in [-0.05, 0) is 45.4 Å². The van der Waals surface area contributed by atoms with Gasteiger partial charge in [-0.3, -0.25) is 4.79 Å². The van der Waals surface area contributed by atoms with Gasteiger partial charge in [0.05, 0.1) is 12.1 Å². The summed E-state index contributed by atoms with van der Waals surface area (Å²) < 4.78 is 5.55. The Bertz CT molecular complexity index is 415. The van der Waals surface area contributed by atoms with Crippen LogP contribution in [0.25, 0.3) is 0 Å². The van der Waals surface area contributed by atoms with Crippen LogP contribution in [0.15, 0.2) is 24.3 Å². The zero-order valence-electron chi connectivity index (χ0n) is 11.4. The van der Waals surface area contributed by atoms with E-state index in [1.165, 1.54) is 0 Å². The fraction of sp³-hybridized carbons (Fsp3) is 0.500. The molecule has 0 aromatic heterocycles. The Balaban J connectivity index is 2.60. The van der Waals surface area contributed by atoms with Crippen molar-refractivity contribution in [3.63, 3.8) is 0 Å². The molecule has 1 rings (SSSR count). The maximum absolute atomic E-state index is 11.9. The average Bonchev–Trinajstić information content (AvgIpc) is 2.28. The summed E-state index contributed by atoms with van der Waals surface area (Å²) in [7, 11) is 0. The van der Waals surface area contributed by atoms with E-state index >= 15 is 0 Å². The number of aliphatic hydroxyl groups is 1. The molecule has 1 unspecified atom stereocenters. The third-order valence-electron chi connectivity index (χ3n) is 2.53. The molecule has 2 N–H and O–H groups in total. The number of hydrogen-bond donors (Lipinski definition) is 2. The first-order valence-electron chi connectivity index (χ1n) is 6.00. The second kappa shape index (κ2) is 5.87. The van der Waals surface area contributed by atoms with Crippen molar-refractivity contribution in [2.75, 3.05) is 6.61 Å². The molecule has 4 heteroatoms. The molecule has 1 aromatic carbocycles. The first-order valence-corrected chi connectivity index (χ1v) is 6.00. The number of carbonyl (C=O) groups excluding carboxylic acids is 1. The highest BCUT2D eigenvalue weighted by Crippen LogP contribution is 2.14. The van der Waals surface area contributed by atoms with E-state index in [2.05, 4.69) is 5.32 Å². The molecule has 1 amide bonds. The fourth-order valence-corrected chi connectivity index (χ4v) is 1.42. The summed E-state index contributed by atoms with van der Waals surface area (Å²) in [6, 6.07) is 7.54. The third kappa shape index (κ3) is 4.37. The van der Waals surface area contributed by atoms with Gasteiger partial charge in [0, 0.05) is 0 Å². The van der Waals surface area contributed by atoms with Gasteiger partial charge in [0.25, 0.3) is 5.91 Å². The van der Waals surface area contributed by atoms with E-state index in [9.17, 15) is 4.79 Å². The number of rotatable bonds is 5. The molecule has 0 saturated carbocycles. The van der Waals surface area contributed by atoms with Crippen molar-refractivity contribution >= 4 is 5.91 Å². The second-order valence-electron chi connectivity index (χ2n) is 5.11. The van der Waals surface area contributed by atoms with Crippen LogP contribution in [0.5, 0.6) is 5.75 Å². The topological polar surface area (TPSA) is 58.6 Å². The maximum atomic E-state index is 11.9. The Hall–Kier alpha value is -1.55. The molecule has 0 heterocycles. The van der Waals surface area contributed by atoms with E-state index in [0.717, 1.165) is 5.56 Å². The number of aliphatic hydroxyl groups excluding tert-OH is 1. The summed E-state index contributed by atoms with van der Waals surface area (Å²) >= 11 is 0. The summed E-state index contributed by atoms with van der Waals surface area (Å²) in [4.78, 5) is 11.9. The largest absolute Gasteiger partial charge is 0.481 e. The summed E-state index contributed by atoms with van der Waals surface area (Å²) in [6.07, 6.45) is -0.599. The molecule has 100 valence electrons. The normalized spacial score (nSPS) is 12.9. The number of amides is 1. The Morgan fingerprint density at radius 3 is 2.72 bits per heavy atom. The lowest BCUT2D eigenvalue weighted by molar-refractivity contribution is -0.129. The lowest BCUT2D eigenvalue weighted by Gasteiger charge is -2.25. The summed E-state index contributed by atoms with van der Waals surface area (Å²) in [5.41, 5.74) is 0.442. The number of aryl methyl sites for hydroxylation is 1. The molecule has 0 fully saturated rings. The lowest BCUT2D eigenvalue weighted by atomic mass is 10.1. The quantitative estimate of drug-likeness (QED) is 0.836. The summed E-state index contributed by atoms with van der Waals surface area (Å²) in [5.74, 6) is 0.426. The fourth-order valence-electron chi connectivity index (χ4n) is 1.42. The third-order valence-corrected chi connectivity index (χ3v) is 2.53. The molecule has 1 aromatic rings. The smallest absolute Gasteiger partial charge is 0.261 e. The Morgan fingerprint density at radius 2 is 2.17 bits per heavy atom. The molecular formula is C14H21NO3. The van der Waals surface area contributed by atoms with Gasteiger partial charge in [0.2, 0.25) is 0 Å². The highest BCUT2D eigenvalue weighted by Gasteiger charge is 2.23. The Morgan fingerprint density at radius 1 is 1.50 bits per heavy atom. The maximum Gasteiger partial charge on any atom is 0.261 e. The van der Waals surface area contributed by atoms with Gasteiger partial charge in [-0.15, -0.1) is 0 Å². The van der Waals surface area contributed by atoms with Crippen LogP contribution in [-0.4, -0.2) is 29.3 Å². The van der Waals surface area contributed by atoms with E-state index in [1.54, 1.807) is 20.8 Å². The van der Waals surface area contributed by atoms with Gasteiger partial charge in [0.15, 0.2) is 6.10 Å². The Labute approximate surface area is 108 Å².